The molecule has 2 heterocycles. The molecule has 0 radical (unpaired) electrons. The third kappa shape index (κ3) is 1.72. The van der Waals surface area contributed by atoms with Crippen molar-refractivity contribution in [2.75, 3.05) is 61.5 Å². The lowest BCUT2D eigenvalue weighted by Gasteiger charge is -2.55. The van der Waals surface area contributed by atoms with Gasteiger partial charge in [0.15, 0.2) is 0 Å². The van der Waals surface area contributed by atoms with Gasteiger partial charge >= 0.3 is 0 Å². The number of hydrogen-bond acceptors (Lipinski definition) is 2. The highest BCUT2D eigenvalue weighted by atomic mass is 15.7. The van der Waals surface area contributed by atoms with Crippen molar-refractivity contribution < 1.29 is 8.97 Å². The van der Waals surface area contributed by atoms with Crippen LogP contribution in [0, 0.1) is 0 Å². The summed E-state index contributed by atoms with van der Waals surface area (Å²) in [5.74, 6) is 0. The summed E-state index contributed by atoms with van der Waals surface area (Å²) in [7, 11) is 9.19. The number of nitrogens with zero attached hydrogens (tertiary/aromatic N) is 4. The summed E-state index contributed by atoms with van der Waals surface area (Å²) < 4.78 is 2.34. The first kappa shape index (κ1) is 9.40. The fraction of sp³-hybridized carbons (Fsp3) is 1.00. The topological polar surface area (TPSA) is 6.48 Å². The van der Waals surface area contributed by atoms with Crippen molar-refractivity contribution in [1.29, 1.82) is 0 Å². The average molecular weight is 186 g/mol. The van der Waals surface area contributed by atoms with Gasteiger partial charge in [-0.3, -0.25) is 8.97 Å². The van der Waals surface area contributed by atoms with Crippen molar-refractivity contribution in [2.24, 2.45) is 0 Å². The van der Waals surface area contributed by atoms with Gasteiger partial charge < -0.3 is 0 Å². The standard InChI is InChI=1S/C9H22N4/c1-10-5-12(3)7-11(2)8-13(4,6-10)9-12/h5-9H2,1-4H3/q+2. The van der Waals surface area contributed by atoms with E-state index in [2.05, 4.69) is 38.0 Å². The van der Waals surface area contributed by atoms with E-state index in [9.17, 15) is 0 Å². The number of rotatable bonds is 0. The number of hydrogen-bond donors (Lipinski definition) is 0. The van der Waals surface area contributed by atoms with E-state index in [0.717, 1.165) is 0 Å². The molecule has 2 aliphatic heterocycles. The van der Waals surface area contributed by atoms with E-state index in [-0.39, 0.29) is 0 Å². The van der Waals surface area contributed by atoms with Gasteiger partial charge in [0.25, 0.3) is 0 Å². The fourth-order valence-corrected chi connectivity index (χ4v) is 3.51. The summed E-state index contributed by atoms with van der Waals surface area (Å²) in [5, 5.41) is 0. The van der Waals surface area contributed by atoms with Crippen molar-refractivity contribution in [3.05, 3.63) is 0 Å². The predicted octanol–water partition coefficient (Wildman–Crippen LogP) is -0.442. The molecule has 4 nitrogen and oxygen atoms in total. The summed E-state index contributed by atoms with van der Waals surface area (Å²) in [6.07, 6.45) is 0. The van der Waals surface area contributed by atoms with Gasteiger partial charge in [-0.05, 0) is 14.1 Å². The van der Waals surface area contributed by atoms with Gasteiger partial charge in [0.2, 0.25) is 6.67 Å². The van der Waals surface area contributed by atoms with Gasteiger partial charge in [0, 0.05) is 0 Å². The van der Waals surface area contributed by atoms with Crippen LogP contribution in [0.1, 0.15) is 0 Å². The van der Waals surface area contributed by atoms with E-state index >= 15 is 0 Å². The smallest absolute Gasteiger partial charge is 0.211 e. The molecule has 76 valence electrons. The van der Waals surface area contributed by atoms with Crippen molar-refractivity contribution in [2.45, 2.75) is 0 Å². The molecule has 2 rings (SSSR count). The van der Waals surface area contributed by atoms with Crippen molar-refractivity contribution in [1.82, 2.24) is 9.80 Å². The van der Waals surface area contributed by atoms with Gasteiger partial charge in [-0.2, -0.15) is 0 Å². The third-order valence-corrected chi connectivity index (χ3v) is 3.01. The second kappa shape index (κ2) is 2.67. The maximum Gasteiger partial charge on any atom is 0.211 e. The summed E-state index contributed by atoms with van der Waals surface area (Å²) in [4.78, 5) is 4.91. The van der Waals surface area contributed by atoms with Crippen molar-refractivity contribution >= 4 is 0 Å². The molecule has 2 bridgehead atoms. The molecular formula is C9H22N4+2. The zero-order chi connectivity index (χ0) is 9.69. The summed E-state index contributed by atoms with van der Waals surface area (Å²) >= 11 is 0. The molecule has 0 aromatic rings. The van der Waals surface area contributed by atoms with Crippen LogP contribution in [-0.2, 0) is 0 Å². The maximum atomic E-state index is 2.45. The van der Waals surface area contributed by atoms with Crippen molar-refractivity contribution in [3.63, 3.8) is 0 Å². The first-order chi connectivity index (χ1) is 5.91. The molecule has 2 saturated heterocycles. The van der Waals surface area contributed by atoms with Crippen molar-refractivity contribution in [3.8, 4) is 0 Å². The minimum Gasteiger partial charge on any atom is -0.254 e. The lowest BCUT2D eigenvalue weighted by Crippen LogP contribution is -2.76. The average Bonchev–Trinajstić information content (AvgIpc) is 1.75. The molecule has 13 heavy (non-hydrogen) atoms. The van der Waals surface area contributed by atoms with E-state index in [1.54, 1.807) is 0 Å². The molecule has 0 saturated carbocycles. The Bertz CT molecular complexity index is 182. The Morgan fingerprint density at radius 3 is 1.38 bits per heavy atom. The highest BCUT2D eigenvalue weighted by Gasteiger charge is 2.46. The molecule has 0 atom stereocenters. The summed E-state index contributed by atoms with van der Waals surface area (Å²) in [5.41, 5.74) is 0. The van der Waals surface area contributed by atoms with Gasteiger partial charge in [0.1, 0.15) is 26.7 Å². The first-order valence-electron chi connectivity index (χ1n) is 4.95. The van der Waals surface area contributed by atoms with E-state index in [4.69, 9.17) is 0 Å². The SMILES string of the molecule is CN1C[N+]2(C)CN(C)C[N+](C)(C1)C2. The maximum absolute atomic E-state index is 2.45. The van der Waals surface area contributed by atoms with Crippen LogP contribution in [0.15, 0.2) is 0 Å². The molecule has 0 aromatic carbocycles. The van der Waals surface area contributed by atoms with Gasteiger partial charge in [0.05, 0.1) is 14.1 Å². The first-order valence-corrected chi connectivity index (χ1v) is 4.95. The summed E-state index contributed by atoms with van der Waals surface area (Å²) in [6.45, 7) is 6.06. The van der Waals surface area contributed by atoms with Crippen LogP contribution in [-0.4, -0.2) is 80.3 Å². The third-order valence-electron chi connectivity index (χ3n) is 3.01. The fourth-order valence-electron chi connectivity index (χ4n) is 3.51. The molecule has 0 amide bonds. The predicted molar refractivity (Wildman–Crippen MR) is 52.2 cm³/mol. The second-order valence-electron chi connectivity index (χ2n) is 5.66. The molecule has 0 unspecified atom stereocenters. The Hall–Kier alpha value is -0.160. The quantitative estimate of drug-likeness (QED) is 0.473. The Morgan fingerprint density at radius 2 is 1.08 bits per heavy atom. The lowest BCUT2D eigenvalue weighted by atomic mass is 10.3. The van der Waals surface area contributed by atoms with Gasteiger partial charge in [-0.1, -0.05) is 0 Å². The van der Waals surface area contributed by atoms with Crippen LogP contribution >= 0.6 is 0 Å². The van der Waals surface area contributed by atoms with E-state index in [1.807, 2.05) is 0 Å². The Labute approximate surface area is 81.1 Å². The lowest BCUT2D eigenvalue weighted by molar-refractivity contribution is -1.14. The minimum atomic E-state index is 1.17. The zero-order valence-corrected chi connectivity index (χ0v) is 9.32. The van der Waals surface area contributed by atoms with E-state index in [0.29, 0.717) is 0 Å². The Morgan fingerprint density at radius 1 is 0.769 bits per heavy atom. The molecule has 0 N–H and O–H groups in total. The summed E-state index contributed by atoms with van der Waals surface area (Å²) in [6, 6.07) is 0. The van der Waals surface area contributed by atoms with Crippen LogP contribution < -0.4 is 0 Å². The second-order valence-corrected chi connectivity index (χ2v) is 5.66. The van der Waals surface area contributed by atoms with Crippen LogP contribution in [0.4, 0.5) is 0 Å². The Balaban J connectivity index is 2.22. The molecule has 0 aromatic heterocycles. The van der Waals surface area contributed by atoms with Gasteiger partial charge in [-0.15, -0.1) is 0 Å². The van der Waals surface area contributed by atoms with E-state index in [1.165, 1.54) is 42.3 Å². The molecule has 4 heteroatoms. The minimum absolute atomic E-state index is 1.17. The number of fused-ring (bicyclic) bond motifs is 2. The molecule has 2 aliphatic rings. The molecule has 2 fully saturated rings. The van der Waals surface area contributed by atoms with Crippen LogP contribution in [0.5, 0.6) is 0 Å². The highest BCUT2D eigenvalue weighted by Crippen LogP contribution is 2.24. The van der Waals surface area contributed by atoms with Crippen LogP contribution in [0.2, 0.25) is 0 Å². The molecular weight excluding hydrogens is 164 g/mol. The van der Waals surface area contributed by atoms with E-state index < -0.39 is 0 Å². The Kier molecular flexibility index (Phi) is 1.93. The number of quaternary nitrogens is 2. The zero-order valence-electron chi connectivity index (χ0n) is 9.32. The van der Waals surface area contributed by atoms with Crippen LogP contribution in [0.25, 0.3) is 0 Å². The molecule has 0 spiro atoms. The highest BCUT2D eigenvalue weighted by molar-refractivity contribution is 4.51. The monoisotopic (exact) mass is 186 g/mol. The van der Waals surface area contributed by atoms with Gasteiger partial charge in [-0.25, -0.2) is 9.80 Å². The molecule has 0 aliphatic carbocycles. The largest absolute Gasteiger partial charge is 0.254 e. The van der Waals surface area contributed by atoms with Crippen LogP contribution in [0.3, 0.4) is 0 Å². The normalized spacial score (nSPS) is 48.0.